The summed E-state index contributed by atoms with van der Waals surface area (Å²) in [5.74, 6) is -0.233. The lowest BCUT2D eigenvalue weighted by Crippen LogP contribution is -1.95. The molecule has 1 heterocycles. The van der Waals surface area contributed by atoms with Gasteiger partial charge in [-0.1, -0.05) is 37.0 Å². The van der Waals surface area contributed by atoms with Crippen LogP contribution in [-0.2, 0) is 0 Å². The predicted molar refractivity (Wildman–Crippen MR) is 65.8 cm³/mol. The quantitative estimate of drug-likeness (QED) is 0.715. The summed E-state index contributed by atoms with van der Waals surface area (Å²) >= 11 is 11.9. The fourth-order valence-electron chi connectivity index (χ4n) is 1.53. The van der Waals surface area contributed by atoms with Crippen molar-refractivity contribution in [2.45, 2.75) is 19.8 Å². The highest BCUT2D eigenvalue weighted by molar-refractivity contribution is 6.36. The molecule has 0 saturated carbocycles. The van der Waals surface area contributed by atoms with Crippen LogP contribution in [0.1, 0.15) is 25.5 Å². The van der Waals surface area contributed by atoms with E-state index in [4.69, 9.17) is 23.2 Å². The number of hydrogen-bond donors (Lipinski definition) is 0. The van der Waals surface area contributed by atoms with Crippen molar-refractivity contribution in [3.8, 4) is 0 Å². The molecule has 0 N–H and O–H groups in total. The number of rotatable bonds is 1. The second kappa shape index (κ2) is 4.19. The van der Waals surface area contributed by atoms with Gasteiger partial charge in [-0.05, 0) is 24.1 Å². The van der Waals surface area contributed by atoms with Crippen molar-refractivity contribution in [2.24, 2.45) is 0 Å². The van der Waals surface area contributed by atoms with Crippen LogP contribution in [0, 0.1) is 5.82 Å². The van der Waals surface area contributed by atoms with Gasteiger partial charge in [-0.25, -0.2) is 9.37 Å². The number of fused-ring (bicyclic) bond motifs is 1. The van der Waals surface area contributed by atoms with Crippen molar-refractivity contribution in [2.75, 3.05) is 0 Å². The first-order chi connectivity index (χ1) is 7.49. The summed E-state index contributed by atoms with van der Waals surface area (Å²) in [5.41, 5.74) is 1.05. The van der Waals surface area contributed by atoms with Gasteiger partial charge in [-0.2, -0.15) is 0 Å². The maximum Gasteiger partial charge on any atom is 0.150 e. The molecular formula is C12H10Cl2FN. The average Bonchev–Trinajstić information content (AvgIpc) is 2.19. The van der Waals surface area contributed by atoms with Gasteiger partial charge in [0.25, 0.3) is 0 Å². The summed E-state index contributed by atoms with van der Waals surface area (Å²) in [6.07, 6.45) is 0. The Morgan fingerprint density at radius 2 is 1.88 bits per heavy atom. The zero-order valence-electron chi connectivity index (χ0n) is 8.89. The molecule has 0 saturated heterocycles. The molecular weight excluding hydrogens is 248 g/mol. The van der Waals surface area contributed by atoms with Gasteiger partial charge < -0.3 is 0 Å². The first-order valence-corrected chi connectivity index (χ1v) is 5.70. The highest BCUT2D eigenvalue weighted by Crippen LogP contribution is 2.30. The number of nitrogens with zero attached hydrogens (tertiary/aromatic N) is 1. The van der Waals surface area contributed by atoms with Crippen molar-refractivity contribution in [3.63, 3.8) is 0 Å². The van der Waals surface area contributed by atoms with E-state index in [0.29, 0.717) is 15.4 Å². The van der Waals surface area contributed by atoms with Crippen LogP contribution >= 0.6 is 23.2 Å². The number of pyridine rings is 1. The Labute approximate surface area is 103 Å². The molecule has 0 radical (unpaired) electrons. The van der Waals surface area contributed by atoms with Gasteiger partial charge >= 0.3 is 0 Å². The smallest absolute Gasteiger partial charge is 0.150 e. The topological polar surface area (TPSA) is 12.9 Å². The molecule has 4 heteroatoms. The molecule has 0 aliphatic carbocycles. The first-order valence-electron chi connectivity index (χ1n) is 4.94. The maximum absolute atomic E-state index is 13.7. The Kier molecular flexibility index (Phi) is 3.04. The van der Waals surface area contributed by atoms with Crippen molar-refractivity contribution in [3.05, 3.63) is 39.8 Å². The molecule has 1 aromatic carbocycles. The minimum Gasteiger partial charge on any atom is -0.249 e. The molecule has 1 aromatic heterocycles. The van der Waals surface area contributed by atoms with Crippen LogP contribution in [-0.4, -0.2) is 4.98 Å². The molecule has 2 aromatic rings. The van der Waals surface area contributed by atoms with E-state index in [-0.39, 0.29) is 11.4 Å². The Morgan fingerprint density at radius 1 is 1.19 bits per heavy atom. The normalized spacial score (nSPS) is 11.4. The molecule has 16 heavy (non-hydrogen) atoms. The van der Waals surface area contributed by atoms with E-state index in [1.807, 2.05) is 13.8 Å². The summed E-state index contributed by atoms with van der Waals surface area (Å²) in [4.78, 5) is 4.26. The van der Waals surface area contributed by atoms with E-state index < -0.39 is 5.82 Å². The SMILES string of the molecule is CC(C)c1cc(Cl)c2cc(Cl)cc(F)c2n1. The molecule has 1 nitrogen and oxygen atoms in total. The lowest BCUT2D eigenvalue weighted by molar-refractivity contribution is 0.635. The van der Waals surface area contributed by atoms with Crippen LogP contribution in [0.2, 0.25) is 10.0 Å². The third-order valence-corrected chi connectivity index (χ3v) is 2.92. The summed E-state index contributed by atoms with van der Waals surface area (Å²) in [7, 11) is 0. The predicted octanol–water partition coefficient (Wildman–Crippen LogP) is 4.80. The number of benzene rings is 1. The van der Waals surface area contributed by atoms with Crippen LogP contribution < -0.4 is 0 Å². The average molecular weight is 258 g/mol. The Balaban J connectivity index is 2.82. The molecule has 0 amide bonds. The van der Waals surface area contributed by atoms with Crippen molar-refractivity contribution in [1.82, 2.24) is 4.98 Å². The molecule has 0 fully saturated rings. The maximum atomic E-state index is 13.7. The molecule has 0 atom stereocenters. The third kappa shape index (κ3) is 2.00. The zero-order valence-corrected chi connectivity index (χ0v) is 10.4. The summed E-state index contributed by atoms with van der Waals surface area (Å²) < 4.78 is 13.7. The lowest BCUT2D eigenvalue weighted by Gasteiger charge is -2.08. The van der Waals surface area contributed by atoms with E-state index >= 15 is 0 Å². The van der Waals surface area contributed by atoms with E-state index in [2.05, 4.69) is 4.98 Å². The Hall–Kier alpha value is -0.860. The fraction of sp³-hybridized carbons (Fsp3) is 0.250. The van der Waals surface area contributed by atoms with Gasteiger partial charge in [0.15, 0.2) is 5.82 Å². The minimum absolute atomic E-state index is 0.206. The van der Waals surface area contributed by atoms with E-state index in [0.717, 1.165) is 5.69 Å². The summed E-state index contributed by atoms with van der Waals surface area (Å²) in [6.45, 7) is 3.97. The van der Waals surface area contributed by atoms with Crippen molar-refractivity contribution < 1.29 is 4.39 Å². The summed E-state index contributed by atoms with van der Waals surface area (Å²) in [5, 5.41) is 1.36. The fourth-order valence-corrected chi connectivity index (χ4v) is 1.99. The lowest BCUT2D eigenvalue weighted by atomic mass is 10.1. The van der Waals surface area contributed by atoms with Gasteiger partial charge in [0, 0.05) is 16.1 Å². The highest BCUT2D eigenvalue weighted by atomic mass is 35.5. The largest absolute Gasteiger partial charge is 0.249 e. The van der Waals surface area contributed by atoms with Gasteiger partial charge in [0.05, 0.1) is 5.02 Å². The van der Waals surface area contributed by atoms with E-state index in [9.17, 15) is 4.39 Å². The zero-order chi connectivity index (χ0) is 11.9. The van der Waals surface area contributed by atoms with Crippen molar-refractivity contribution >= 4 is 34.1 Å². The van der Waals surface area contributed by atoms with Gasteiger partial charge in [-0.3, -0.25) is 0 Å². The van der Waals surface area contributed by atoms with E-state index in [1.165, 1.54) is 6.07 Å². The van der Waals surface area contributed by atoms with Crippen LogP contribution in [0.3, 0.4) is 0 Å². The molecule has 84 valence electrons. The molecule has 0 bridgehead atoms. The van der Waals surface area contributed by atoms with E-state index in [1.54, 1.807) is 12.1 Å². The second-order valence-electron chi connectivity index (χ2n) is 3.97. The van der Waals surface area contributed by atoms with Crippen LogP contribution in [0.25, 0.3) is 10.9 Å². The van der Waals surface area contributed by atoms with Crippen molar-refractivity contribution in [1.29, 1.82) is 0 Å². The number of halogens is 3. The molecule has 0 unspecified atom stereocenters. The van der Waals surface area contributed by atoms with Crippen LogP contribution in [0.15, 0.2) is 18.2 Å². The standard InChI is InChI=1S/C12H10Cl2FN/c1-6(2)11-5-9(14)8-3-7(13)4-10(15)12(8)16-11/h3-6H,1-2H3. The molecule has 0 aliphatic heterocycles. The van der Waals surface area contributed by atoms with Gasteiger partial charge in [-0.15, -0.1) is 0 Å². The second-order valence-corrected chi connectivity index (χ2v) is 4.81. The Morgan fingerprint density at radius 3 is 2.50 bits per heavy atom. The highest BCUT2D eigenvalue weighted by Gasteiger charge is 2.11. The molecule has 0 spiro atoms. The van der Waals surface area contributed by atoms with Gasteiger partial charge in [0.2, 0.25) is 0 Å². The number of aromatic nitrogens is 1. The monoisotopic (exact) mass is 257 g/mol. The van der Waals surface area contributed by atoms with Crippen LogP contribution in [0.4, 0.5) is 4.39 Å². The summed E-state index contributed by atoms with van der Waals surface area (Å²) in [6, 6.07) is 4.63. The first kappa shape index (κ1) is 11.6. The molecule has 2 rings (SSSR count). The van der Waals surface area contributed by atoms with Gasteiger partial charge in [0.1, 0.15) is 5.52 Å². The number of hydrogen-bond acceptors (Lipinski definition) is 1. The van der Waals surface area contributed by atoms with Crippen LogP contribution in [0.5, 0.6) is 0 Å². The minimum atomic E-state index is -0.438. The third-order valence-electron chi connectivity index (χ3n) is 2.39. The molecule has 0 aliphatic rings. The Bertz CT molecular complexity index is 552.